The number of rotatable bonds is 4. The van der Waals surface area contributed by atoms with Gasteiger partial charge in [-0.1, -0.05) is 34.1 Å². The van der Waals surface area contributed by atoms with Crippen LogP contribution in [0.1, 0.15) is 66.2 Å². The Kier molecular flexibility index (Phi) is 5.53. The second-order valence-corrected chi connectivity index (χ2v) is 8.45. The molecule has 118 valence electrons. The molecule has 2 nitrogen and oxygen atoms in total. The van der Waals surface area contributed by atoms with E-state index in [1.807, 2.05) is 0 Å². The number of hydrogen-bond acceptors (Lipinski definition) is 2. The van der Waals surface area contributed by atoms with Crippen LogP contribution in [0.2, 0.25) is 0 Å². The van der Waals surface area contributed by atoms with Crippen molar-refractivity contribution >= 4 is 0 Å². The van der Waals surface area contributed by atoms with Crippen molar-refractivity contribution in [2.75, 3.05) is 32.7 Å². The molecule has 2 unspecified atom stereocenters. The lowest BCUT2D eigenvalue weighted by atomic mass is 9.76. The highest BCUT2D eigenvalue weighted by molar-refractivity contribution is 4.91. The van der Waals surface area contributed by atoms with Crippen LogP contribution in [0.4, 0.5) is 0 Å². The first kappa shape index (κ1) is 16.3. The van der Waals surface area contributed by atoms with Crippen LogP contribution in [0, 0.1) is 16.7 Å². The van der Waals surface area contributed by atoms with Crippen molar-refractivity contribution in [3.05, 3.63) is 0 Å². The molecule has 20 heavy (non-hydrogen) atoms. The van der Waals surface area contributed by atoms with Crippen LogP contribution in [-0.4, -0.2) is 37.6 Å². The van der Waals surface area contributed by atoms with E-state index in [0.29, 0.717) is 10.8 Å². The Labute approximate surface area is 126 Å². The highest BCUT2D eigenvalue weighted by atomic mass is 15.1. The predicted molar refractivity (Wildman–Crippen MR) is 88.1 cm³/mol. The minimum Gasteiger partial charge on any atom is -0.316 e. The molecular formula is C18H36N2. The third-order valence-corrected chi connectivity index (χ3v) is 5.72. The van der Waals surface area contributed by atoms with Crippen molar-refractivity contribution in [2.45, 2.75) is 66.2 Å². The Morgan fingerprint density at radius 1 is 1.20 bits per heavy atom. The van der Waals surface area contributed by atoms with E-state index in [1.54, 1.807) is 0 Å². The van der Waals surface area contributed by atoms with E-state index in [4.69, 9.17) is 0 Å². The van der Waals surface area contributed by atoms with Gasteiger partial charge in [-0.3, -0.25) is 0 Å². The fraction of sp³-hybridized carbons (Fsp3) is 1.00. The van der Waals surface area contributed by atoms with Gasteiger partial charge in [-0.05, 0) is 68.5 Å². The van der Waals surface area contributed by atoms with E-state index >= 15 is 0 Å². The molecular weight excluding hydrogens is 244 g/mol. The van der Waals surface area contributed by atoms with E-state index in [0.717, 1.165) is 5.92 Å². The fourth-order valence-corrected chi connectivity index (χ4v) is 4.41. The van der Waals surface area contributed by atoms with Crippen LogP contribution in [0.15, 0.2) is 0 Å². The zero-order chi connectivity index (χ0) is 14.6. The average molecular weight is 280 g/mol. The maximum Gasteiger partial charge on any atom is 0.00506 e. The van der Waals surface area contributed by atoms with Crippen LogP contribution >= 0.6 is 0 Å². The second kappa shape index (κ2) is 6.79. The minimum absolute atomic E-state index is 0.492. The Bertz CT molecular complexity index is 286. The highest BCUT2D eigenvalue weighted by Gasteiger charge is 2.35. The third-order valence-electron chi connectivity index (χ3n) is 5.72. The van der Waals surface area contributed by atoms with Gasteiger partial charge in [0.1, 0.15) is 0 Å². The molecule has 2 rings (SSSR count). The molecule has 2 heterocycles. The molecule has 0 bridgehead atoms. The summed E-state index contributed by atoms with van der Waals surface area (Å²) in [6.07, 6.45) is 8.36. The van der Waals surface area contributed by atoms with Gasteiger partial charge >= 0.3 is 0 Å². The maximum absolute atomic E-state index is 3.61. The molecule has 0 radical (unpaired) electrons. The fourth-order valence-electron chi connectivity index (χ4n) is 4.41. The van der Waals surface area contributed by atoms with Gasteiger partial charge in [0.2, 0.25) is 0 Å². The van der Waals surface area contributed by atoms with Gasteiger partial charge < -0.3 is 10.2 Å². The molecule has 2 atom stereocenters. The average Bonchev–Trinajstić information content (AvgIpc) is 2.67. The van der Waals surface area contributed by atoms with Crippen molar-refractivity contribution < 1.29 is 0 Å². The van der Waals surface area contributed by atoms with Crippen molar-refractivity contribution in [1.82, 2.24) is 10.2 Å². The number of hydrogen-bond donors (Lipinski definition) is 1. The molecule has 0 spiro atoms. The SMILES string of the molecule is CCCC1(CN2CCCC(C(C)(C)C)CC2)CCNC1. The first-order valence-electron chi connectivity index (χ1n) is 8.88. The van der Waals surface area contributed by atoms with E-state index in [-0.39, 0.29) is 0 Å². The molecule has 0 aromatic rings. The molecule has 2 aliphatic heterocycles. The maximum atomic E-state index is 3.61. The second-order valence-electron chi connectivity index (χ2n) is 8.45. The largest absolute Gasteiger partial charge is 0.316 e. The van der Waals surface area contributed by atoms with E-state index in [1.165, 1.54) is 71.2 Å². The summed E-state index contributed by atoms with van der Waals surface area (Å²) >= 11 is 0. The van der Waals surface area contributed by atoms with Crippen LogP contribution in [-0.2, 0) is 0 Å². The lowest BCUT2D eigenvalue weighted by Gasteiger charge is -2.35. The summed E-state index contributed by atoms with van der Waals surface area (Å²) in [6, 6.07) is 0. The van der Waals surface area contributed by atoms with Gasteiger partial charge in [0, 0.05) is 13.1 Å². The lowest BCUT2D eigenvalue weighted by Crippen LogP contribution is -2.40. The van der Waals surface area contributed by atoms with Crippen LogP contribution in [0.25, 0.3) is 0 Å². The molecule has 0 saturated carbocycles. The Morgan fingerprint density at radius 3 is 2.60 bits per heavy atom. The third kappa shape index (κ3) is 4.21. The van der Waals surface area contributed by atoms with E-state index in [2.05, 4.69) is 37.9 Å². The summed E-state index contributed by atoms with van der Waals surface area (Å²) in [5.74, 6) is 0.913. The molecule has 0 amide bonds. The van der Waals surface area contributed by atoms with Gasteiger partial charge in [0.15, 0.2) is 0 Å². The molecule has 1 N–H and O–H groups in total. The summed E-state index contributed by atoms with van der Waals surface area (Å²) < 4.78 is 0. The molecule has 0 aromatic heterocycles. The van der Waals surface area contributed by atoms with Gasteiger partial charge in [0.25, 0.3) is 0 Å². The van der Waals surface area contributed by atoms with E-state index < -0.39 is 0 Å². The Morgan fingerprint density at radius 2 is 2.00 bits per heavy atom. The topological polar surface area (TPSA) is 15.3 Å². The van der Waals surface area contributed by atoms with Crippen LogP contribution in [0.5, 0.6) is 0 Å². The monoisotopic (exact) mass is 280 g/mol. The molecule has 0 aromatic carbocycles. The molecule has 2 fully saturated rings. The van der Waals surface area contributed by atoms with Gasteiger partial charge in [-0.2, -0.15) is 0 Å². The van der Waals surface area contributed by atoms with Gasteiger partial charge in [0.05, 0.1) is 0 Å². The number of nitrogens with zero attached hydrogens (tertiary/aromatic N) is 1. The van der Waals surface area contributed by atoms with Crippen molar-refractivity contribution in [3.8, 4) is 0 Å². The number of likely N-dealkylation sites (tertiary alicyclic amines) is 1. The Balaban J connectivity index is 1.90. The number of nitrogens with one attached hydrogen (secondary N) is 1. The summed E-state index contributed by atoms with van der Waals surface area (Å²) in [7, 11) is 0. The summed E-state index contributed by atoms with van der Waals surface area (Å²) in [4.78, 5) is 2.79. The Hall–Kier alpha value is -0.0800. The predicted octanol–water partition coefficient (Wildman–Crippen LogP) is 3.91. The minimum atomic E-state index is 0.492. The zero-order valence-electron chi connectivity index (χ0n) is 14.3. The van der Waals surface area contributed by atoms with Crippen molar-refractivity contribution in [1.29, 1.82) is 0 Å². The summed E-state index contributed by atoms with van der Waals surface area (Å²) in [5, 5.41) is 3.61. The lowest BCUT2D eigenvalue weighted by molar-refractivity contribution is 0.149. The van der Waals surface area contributed by atoms with Gasteiger partial charge in [-0.15, -0.1) is 0 Å². The van der Waals surface area contributed by atoms with Crippen molar-refractivity contribution in [2.24, 2.45) is 16.7 Å². The smallest absolute Gasteiger partial charge is 0.00506 e. The van der Waals surface area contributed by atoms with E-state index in [9.17, 15) is 0 Å². The quantitative estimate of drug-likeness (QED) is 0.840. The standard InChI is InChI=1S/C18H36N2/c1-5-9-18(10-11-19-14-18)15-20-12-6-7-16(8-13-20)17(2,3)4/h16,19H,5-15H2,1-4H3. The van der Waals surface area contributed by atoms with Crippen LogP contribution in [0.3, 0.4) is 0 Å². The summed E-state index contributed by atoms with van der Waals surface area (Å²) in [6.45, 7) is 16.1. The first-order valence-corrected chi connectivity index (χ1v) is 8.88. The van der Waals surface area contributed by atoms with Crippen LogP contribution < -0.4 is 5.32 Å². The summed E-state index contributed by atoms with van der Waals surface area (Å²) in [5.41, 5.74) is 1.07. The zero-order valence-corrected chi connectivity index (χ0v) is 14.3. The molecule has 2 saturated heterocycles. The highest BCUT2D eigenvalue weighted by Crippen LogP contribution is 2.36. The normalized spacial score (nSPS) is 33.3. The molecule has 0 aliphatic carbocycles. The first-order chi connectivity index (χ1) is 9.45. The van der Waals surface area contributed by atoms with Crippen molar-refractivity contribution in [3.63, 3.8) is 0 Å². The van der Waals surface area contributed by atoms with Gasteiger partial charge in [-0.25, -0.2) is 0 Å². The molecule has 2 aliphatic rings. The molecule has 2 heteroatoms.